The molecule has 4 rings (SSSR count). The Bertz CT molecular complexity index is 1050. The molecule has 1 atom stereocenters. The minimum absolute atomic E-state index is 0.0231. The van der Waals surface area contributed by atoms with E-state index in [9.17, 15) is 10.1 Å². The fourth-order valence-corrected chi connectivity index (χ4v) is 5.57. The van der Waals surface area contributed by atoms with Gasteiger partial charge in [0.2, 0.25) is 0 Å². The number of morpholine rings is 1. The van der Waals surface area contributed by atoms with Crippen molar-refractivity contribution in [1.29, 1.82) is 5.26 Å². The SMILES string of the molecule is CC(C)(C)[C@@H]1CCc2c(sc(N=Cc3ccc(OCC(=O)N4CCOCC4)cc3)c2C#N)C1. The molecule has 7 heteroatoms. The van der Waals surface area contributed by atoms with E-state index in [2.05, 4.69) is 31.8 Å². The van der Waals surface area contributed by atoms with E-state index < -0.39 is 0 Å². The summed E-state index contributed by atoms with van der Waals surface area (Å²) in [4.78, 5) is 20.0. The van der Waals surface area contributed by atoms with Crippen molar-refractivity contribution in [3.8, 4) is 11.8 Å². The van der Waals surface area contributed by atoms with Gasteiger partial charge < -0.3 is 14.4 Å². The second-order valence-corrected chi connectivity index (χ2v) is 10.8. The number of hydrogen-bond donors (Lipinski definition) is 0. The number of carbonyl (C=O) groups is 1. The molecule has 1 aromatic heterocycles. The van der Waals surface area contributed by atoms with Crippen molar-refractivity contribution in [1.82, 2.24) is 4.90 Å². The van der Waals surface area contributed by atoms with Gasteiger partial charge in [-0.25, -0.2) is 4.99 Å². The van der Waals surface area contributed by atoms with Gasteiger partial charge >= 0.3 is 0 Å². The smallest absolute Gasteiger partial charge is 0.260 e. The lowest BCUT2D eigenvalue weighted by atomic mass is 9.72. The summed E-state index contributed by atoms with van der Waals surface area (Å²) in [6.07, 6.45) is 4.91. The number of rotatable bonds is 5. The van der Waals surface area contributed by atoms with E-state index in [4.69, 9.17) is 9.47 Å². The Hall–Kier alpha value is -2.69. The van der Waals surface area contributed by atoms with E-state index >= 15 is 0 Å². The largest absolute Gasteiger partial charge is 0.484 e. The summed E-state index contributed by atoms with van der Waals surface area (Å²) >= 11 is 1.66. The van der Waals surface area contributed by atoms with Crippen molar-refractivity contribution in [3.05, 3.63) is 45.8 Å². The van der Waals surface area contributed by atoms with Crippen LogP contribution in [0, 0.1) is 22.7 Å². The van der Waals surface area contributed by atoms with Crippen molar-refractivity contribution >= 4 is 28.5 Å². The second-order valence-electron chi connectivity index (χ2n) is 9.71. The molecule has 0 saturated carbocycles. The van der Waals surface area contributed by atoms with Crippen molar-refractivity contribution in [3.63, 3.8) is 0 Å². The molecule has 0 N–H and O–H groups in total. The van der Waals surface area contributed by atoms with Crippen LogP contribution in [0.15, 0.2) is 29.3 Å². The highest BCUT2D eigenvalue weighted by Gasteiger charge is 2.32. The van der Waals surface area contributed by atoms with Crippen LogP contribution < -0.4 is 4.74 Å². The molecule has 0 bridgehead atoms. The normalized spacial score (nSPS) is 18.7. The second kappa shape index (κ2) is 10.1. The number of hydrogen-bond acceptors (Lipinski definition) is 6. The number of aliphatic imine (C=N–C) groups is 1. The minimum Gasteiger partial charge on any atom is -0.484 e. The first-order valence-electron chi connectivity index (χ1n) is 11.5. The third-order valence-electron chi connectivity index (χ3n) is 6.52. The number of benzene rings is 1. The van der Waals surface area contributed by atoms with Gasteiger partial charge in [0.05, 0.1) is 18.8 Å². The van der Waals surface area contributed by atoms with Gasteiger partial charge in [0.15, 0.2) is 6.61 Å². The molecule has 1 amide bonds. The summed E-state index contributed by atoms with van der Waals surface area (Å²) in [5.41, 5.74) is 3.13. The molecule has 2 heterocycles. The predicted octanol–water partition coefficient (Wildman–Crippen LogP) is 4.76. The van der Waals surface area contributed by atoms with Gasteiger partial charge in [0.1, 0.15) is 16.8 Å². The number of amides is 1. The summed E-state index contributed by atoms with van der Waals surface area (Å²) in [5.74, 6) is 1.25. The molecule has 2 aliphatic rings. The summed E-state index contributed by atoms with van der Waals surface area (Å²) in [6.45, 7) is 9.31. The first-order valence-corrected chi connectivity index (χ1v) is 12.3. The van der Waals surface area contributed by atoms with Crippen LogP contribution in [0.5, 0.6) is 5.75 Å². The lowest BCUT2D eigenvalue weighted by Crippen LogP contribution is -2.42. The molecule has 1 aliphatic heterocycles. The average Bonchev–Trinajstić information content (AvgIpc) is 3.18. The lowest BCUT2D eigenvalue weighted by molar-refractivity contribution is -0.137. The molecule has 174 valence electrons. The van der Waals surface area contributed by atoms with Gasteiger partial charge in [-0.05, 0) is 66.0 Å². The molecule has 0 spiro atoms. The maximum Gasteiger partial charge on any atom is 0.260 e. The van der Waals surface area contributed by atoms with Gasteiger partial charge in [-0.1, -0.05) is 20.8 Å². The molecule has 6 nitrogen and oxygen atoms in total. The first-order chi connectivity index (χ1) is 15.8. The molecule has 0 unspecified atom stereocenters. The fourth-order valence-electron chi connectivity index (χ4n) is 4.35. The molecule has 1 aliphatic carbocycles. The van der Waals surface area contributed by atoms with Gasteiger partial charge in [0.25, 0.3) is 5.91 Å². The number of thiophene rings is 1. The molecule has 33 heavy (non-hydrogen) atoms. The minimum atomic E-state index is -0.0247. The number of nitriles is 1. The zero-order chi connectivity index (χ0) is 23.4. The Balaban J connectivity index is 1.39. The van der Waals surface area contributed by atoms with Crippen LogP contribution in [0.2, 0.25) is 0 Å². The van der Waals surface area contributed by atoms with E-state index in [1.807, 2.05) is 24.3 Å². The highest BCUT2D eigenvalue weighted by atomic mass is 32.1. The summed E-state index contributed by atoms with van der Waals surface area (Å²) < 4.78 is 10.9. The fraction of sp³-hybridized carbons (Fsp3) is 0.500. The third-order valence-corrected chi connectivity index (χ3v) is 7.68. The molecule has 0 radical (unpaired) electrons. The highest BCUT2D eigenvalue weighted by Crippen LogP contribution is 2.44. The molecule has 1 saturated heterocycles. The monoisotopic (exact) mass is 465 g/mol. The maximum absolute atomic E-state index is 12.2. The van der Waals surface area contributed by atoms with Crippen LogP contribution in [-0.2, 0) is 22.4 Å². The Morgan fingerprint density at radius 3 is 2.70 bits per heavy atom. The van der Waals surface area contributed by atoms with Crippen LogP contribution in [0.3, 0.4) is 0 Å². The Kier molecular flexibility index (Phi) is 7.16. The standard InChI is InChI=1S/C26H31N3O3S/c1-26(2,3)19-6-9-21-22(15-27)25(33-23(21)14-19)28-16-18-4-7-20(8-5-18)32-17-24(30)29-10-12-31-13-11-29/h4-5,7-8,16,19H,6,9-14,17H2,1-3H3/t19-/m1/s1. The quantitative estimate of drug-likeness (QED) is 0.597. The maximum atomic E-state index is 12.2. The lowest BCUT2D eigenvalue weighted by Gasteiger charge is -2.33. The van der Waals surface area contributed by atoms with Gasteiger partial charge in [-0.15, -0.1) is 11.3 Å². The number of ether oxygens (including phenoxy) is 2. The number of carbonyl (C=O) groups excluding carboxylic acids is 1. The van der Waals surface area contributed by atoms with Gasteiger partial charge in [-0.2, -0.15) is 5.26 Å². The van der Waals surface area contributed by atoms with Gasteiger partial charge in [0, 0.05) is 24.2 Å². The number of nitrogens with zero attached hydrogens (tertiary/aromatic N) is 3. The van der Waals surface area contributed by atoms with Crippen molar-refractivity contribution in [2.24, 2.45) is 16.3 Å². The predicted molar refractivity (Wildman–Crippen MR) is 131 cm³/mol. The van der Waals surface area contributed by atoms with E-state index in [0.717, 1.165) is 35.4 Å². The van der Waals surface area contributed by atoms with Crippen molar-refractivity contribution in [2.45, 2.75) is 40.0 Å². The van der Waals surface area contributed by atoms with E-state index in [1.165, 1.54) is 10.4 Å². The van der Waals surface area contributed by atoms with Crippen LogP contribution in [0.4, 0.5) is 5.00 Å². The van der Waals surface area contributed by atoms with Crippen LogP contribution in [0.1, 0.15) is 48.8 Å². The van der Waals surface area contributed by atoms with Crippen LogP contribution >= 0.6 is 11.3 Å². The van der Waals surface area contributed by atoms with Crippen molar-refractivity contribution < 1.29 is 14.3 Å². The molecular formula is C26H31N3O3S. The Morgan fingerprint density at radius 1 is 1.30 bits per heavy atom. The molecule has 1 aromatic carbocycles. The molecule has 1 fully saturated rings. The molecular weight excluding hydrogens is 434 g/mol. The Labute approximate surface area is 199 Å². The average molecular weight is 466 g/mol. The Morgan fingerprint density at radius 2 is 2.03 bits per heavy atom. The molecule has 2 aromatic rings. The van der Waals surface area contributed by atoms with Crippen LogP contribution in [0.25, 0.3) is 0 Å². The summed E-state index contributed by atoms with van der Waals surface area (Å²) in [7, 11) is 0. The zero-order valence-electron chi connectivity index (χ0n) is 19.6. The zero-order valence-corrected chi connectivity index (χ0v) is 20.4. The summed E-state index contributed by atoms with van der Waals surface area (Å²) in [5, 5.41) is 10.5. The third kappa shape index (κ3) is 5.63. The number of fused-ring (bicyclic) bond motifs is 1. The van der Waals surface area contributed by atoms with E-state index in [1.54, 1.807) is 22.5 Å². The van der Waals surface area contributed by atoms with E-state index in [0.29, 0.717) is 38.0 Å². The van der Waals surface area contributed by atoms with Crippen molar-refractivity contribution in [2.75, 3.05) is 32.9 Å². The van der Waals surface area contributed by atoms with E-state index in [-0.39, 0.29) is 17.9 Å². The highest BCUT2D eigenvalue weighted by molar-refractivity contribution is 7.16. The van der Waals surface area contributed by atoms with Gasteiger partial charge in [-0.3, -0.25) is 4.79 Å². The summed E-state index contributed by atoms with van der Waals surface area (Å²) in [6, 6.07) is 9.89. The van der Waals surface area contributed by atoms with Crippen LogP contribution in [-0.4, -0.2) is 49.9 Å². The topological polar surface area (TPSA) is 74.9 Å². The first kappa shape index (κ1) is 23.5.